The molecule has 0 fully saturated rings. The van der Waals surface area contributed by atoms with E-state index in [2.05, 4.69) is 6.92 Å². The lowest BCUT2D eigenvalue weighted by Gasteiger charge is -2.33. The molecule has 0 aliphatic rings. The van der Waals surface area contributed by atoms with Gasteiger partial charge in [-0.1, -0.05) is 45.4 Å². The van der Waals surface area contributed by atoms with Crippen LogP contribution in [-0.4, -0.2) is 67.2 Å². The number of carbonyl (C=O) groups excluding carboxylic acids is 6. The number of hydrogen-bond acceptors (Lipinski definition) is 11. The molecule has 11 nitrogen and oxygen atoms in total. The third-order valence-corrected chi connectivity index (χ3v) is 4.77. The van der Waals surface area contributed by atoms with E-state index < -0.39 is 60.9 Å². The van der Waals surface area contributed by atoms with Crippen LogP contribution in [0.3, 0.4) is 0 Å². The Morgan fingerprint density at radius 1 is 0.657 bits per heavy atom. The minimum absolute atomic E-state index is 0.0520. The quantitative estimate of drug-likeness (QED) is 0.118. The fourth-order valence-corrected chi connectivity index (χ4v) is 3.27. The Bertz CT molecular complexity index is 704. The fourth-order valence-electron chi connectivity index (χ4n) is 3.27. The van der Waals surface area contributed by atoms with Crippen molar-refractivity contribution in [3.8, 4) is 0 Å². The van der Waals surface area contributed by atoms with Gasteiger partial charge in [-0.05, 0) is 6.42 Å². The minimum Gasteiger partial charge on any atom is -0.462 e. The molecule has 0 N–H and O–H groups in total. The number of ether oxygens (including phenoxy) is 5. The molecule has 0 heterocycles. The highest BCUT2D eigenvalue weighted by molar-refractivity contribution is 5.73. The summed E-state index contributed by atoms with van der Waals surface area (Å²) in [6.07, 6.45) is 0.693. The molecule has 0 aromatic heterocycles. The first-order chi connectivity index (χ1) is 16.5. The van der Waals surface area contributed by atoms with E-state index in [0.717, 1.165) is 66.2 Å². The van der Waals surface area contributed by atoms with Gasteiger partial charge in [0.25, 0.3) is 0 Å². The summed E-state index contributed by atoms with van der Waals surface area (Å²) in [4.78, 5) is 70.5. The molecule has 0 spiro atoms. The van der Waals surface area contributed by atoms with E-state index in [4.69, 9.17) is 23.7 Å². The molecular weight excluding hydrogens is 464 g/mol. The largest absolute Gasteiger partial charge is 0.462 e. The van der Waals surface area contributed by atoms with Gasteiger partial charge >= 0.3 is 29.8 Å². The Morgan fingerprint density at radius 3 is 1.66 bits per heavy atom. The summed E-state index contributed by atoms with van der Waals surface area (Å²) in [7, 11) is 0. The summed E-state index contributed by atoms with van der Waals surface area (Å²) < 4.78 is 25.6. The number of aldehydes is 1. The van der Waals surface area contributed by atoms with Crippen molar-refractivity contribution >= 4 is 36.1 Å². The lowest BCUT2D eigenvalue weighted by atomic mass is 10.0. The lowest BCUT2D eigenvalue weighted by molar-refractivity contribution is -0.201. The monoisotopic (exact) mass is 502 g/mol. The molecule has 0 rings (SSSR count). The SMILES string of the molecule is CCCCCCCCCC(=O)O[C@H](COC(C)=O)[C@@H](OC(C)=O)[C@H](OC(C)=O)[C@H](C=O)OC(C)=O. The number of hydrogen-bond donors (Lipinski definition) is 0. The molecule has 0 bridgehead atoms. The summed E-state index contributed by atoms with van der Waals surface area (Å²) in [6.45, 7) is 5.79. The van der Waals surface area contributed by atoms with Crippen molar-refractivity contribution in [2.24, 2.45) is 0 Å². The van der Waals surface area contributed by atoms with Crippen LogP contribution in [0.1, 0.15) is 86.0 Å². The van der Waals surface area contributed by atoms with E-state index in [9.17, 15) is 28.8 Å². The van der Waals surface area contributed by atoms with Gasteiger partial charge in [0.15, 0.2) is 30.7 Å². The molecule has 4 atom stereocenters. The van der Waals surface area contributed by atoms with Crippen LogP contribution in [0.25, 0.3) is 0 Å². The first-order valence-corrected chi connectivity index (χ1v) is 11.8. The normalized spacial score (nSPS) is 14.0. The molecule has 35 heavy (non-hydrogen) atoms. The second-order valence-corrected chi connectivity index (χ2v) is 8.06. The Morgan fingerprint density at radius 2 is 1.17 bits per heavy atom. The highest BCUT2D eigenvalue weighted by Gasteiger charge is 2.44. The number of esters is 5. The van der Waals surface area contributed by atoms with Gasteiger partial charge in [-0.25, -0.2) is 0 Å². The van der Waals surface area contributed by atoms with Crippen molar-refractivity contribution in [1.29, 1.82) is 0 Å². The molecule has 0 aliphatic carbocycles. The van der Waals surface area contributed by atoms with Crippen molar-refractivity contribution in [3.05, 3.63) is 0 Å². The summed E-state index contributed by atoms with van der Waals surface area (Å²) >= 11 is 0. The average Bonchev–Trinajstić information content (AvgIpc) is 2.76. The van der Waals surface area contributed by atoms with Gasteiger partial charge in [-0.2, -0.15) is 0 Å². The zero-order valence-electron chi connectivity index (χ0n) is 21.2. The van der Waals surface area contributed by atoms with E-state index in [0.29, 0.717) is 6.42 Å². The maximum atomic E-state index is 12.5. The average molecular weight is 503 g/mol. The Kier molecular flexibility index (Phi) is 16.8. The molecule has 0 aromatic carbocycles. The van der Waals surface area contributed by atoms with Gasteiger partial charge in [0.1, 0.15) is 6.61 Å². The van der Waals surface area contributed by atoms with E-state index in [1.54, 1.807) is 0 Å². The van der Waals surface area contributed by atoms with Crippen molar-refractivity contribution < 1.29 is 52.5 Å². The van der Waals surface area contributed by atoms with Gasteiger partial charge < -0.3 is 23.7 Å². The van der Waals surface area contributed by atoms with Gasteiger partial charge in [0.2, 0.25) is 0 Å². The molecule has 0 radical (unpaired) electrons. The lowest BCUT2D eigenvalue weighted by Crippen LogP contribution is -2.53. The molecule has 0 saturated carbocycles. The number of rotatable bonds is 18. The van der Waals surface area contributed by atoms with E-state index >= 15 is 0 Å². The second kappa shape index (κ2) is 18.4. The third-order valence-electron chi connectivity index (χ3n) is 4.77. The Hall–Kier alpha value is -2.98. The van der Waals surface area contributed by atoms with E-state index in [-0.39, 0.29) is 12.7 Å². The molecule has 200 valence electrons. The Balaban J connectivity index is 5.65. The number of unbranched alkanes of at least 4 members (excludes halogenated alkanes) is 6. The highest BCUT2D eigenvalue weighted by atomic mass is 16.6. The van der Waals surface area contributed by atoms with Crippen LogP contribution in [0.2, 0.25) is 0 Å². The zero-order valence-corrected chi connectivity index (χ0v) is 21.2. The van der Waals surface area contributed by atoms with Crippen molar-refractivity contribution in [2.45, 2.75) is 110 Å². The zero-order chi connectivity index (χ0) is 26.8. The van der Waals surface area contributed by atoms with Crippen LogP contribution >= 0.6 is 0 Å². The standard InChI is InChI=1S/C24H38O11/c1-6-7-8-9-10-11-12-13-22(30)35-21(15-31-16(2)26)24(34-19(5)29)23(33-18(4)28)20(14-25)32-17(3)27/h14,20-21,23-24H,6-13,15H2,1-5H3/t20-,21+,23+,24+/m0/s1. The first kappa shape index (κ1) is 32.0. The van der Waals surface area contributed by atoms with Gasteiger partial charge in [0.05, 0.1) is 0 Å². The summed E-state index contributed by atoms with van der Waals surface area (Å²) in [5.74, 6) is -3.99. The summed E-state index contributed by atoms with van der Waals surface area (Å²) in [5, 5.41) is 0. The molecule has 0 saturated heterocycles. The molecule has 11 heteroatoms. The smallest absolute Gasteiger partial charge is 0.306 e. The van der Waals surface area contributed by atoms with Crippen LogP contribution in [0, 0.1) is 0 Å². The fraction of sp³-hybridized carbons (Fsp3) is 0.750. The van der Waals surface area contributed by atoms with Crippen LogP contribution < -0.4 is 0 Å². The van der Waals surface area contributed by atoms with Crippen molar-refractivity contribution in [3.63, 3.8) is 0 Å². The van der Waals surface area contributed by atoms with Gasteiger partial charge in [-0.15, -0.1) is 0 Å². The van der Waals surface area contributed by atoms with Crippen LogP contribution in [0.5, 0.6) is 0 Å². The maximum Gasteiger partial charge on any atom is 0.306 e. The van der Waals surface area contributed by atoms with Crippen molar-refractivity contribution in [1.82, 2.24) is 0 Å². The maximum absolute atomic E-state index is 12.5. The molecule has 0 aromatic rings. The number of carbonyl (C=O) groups is 6. The van der Waals surface area contributed by atoms with Crippen molar-refractivity contribution in [2.75, 3.05) is 6.61 Å². The van der Waals surface area contributed by atoms with E-state index in [1.807, 2.05) is 0 Å². The predicted octanol–water partition coefficient (Wildman–Crippen LogP) is 2.60. The topological polar surface area (TPSA) is 149 Å². The van der Waals surface area contributed by atoms with Crippen LogP contribution in [-0.2, 0) is 52.5 Å². The minimum atomic E-state index is -1.68. The summed E-state index contributed by atoms with van der Waals surface area (Å²) in [5.41, 5.74) is 0. The van der Waals surface area contributed by atoms with Crippen LogP contribution in [0.4, 0.5) is 0 Å². The second-order valence-electron chi connectivity index (χ2n) is 8.06. The predicted molar refractivity (Wildman–Crippen MR) is 122 cm³/mol. The molecular formula is C24H38O11. The summed E-state index contributed by atoms with van der Waals surface area (Å²) in [6, 6.07) is 0. The Labute approximate surface area is 206 Å². The molecule has 0 amide bonds. The highest BCUT2D eigenvalue weighted by Crippen LogP contribution is 2.20. The first-order valence-electron chi connectivity index (χ1n) is 11.8. The van der Waals surface area contributed by atoms with Gasteiger partial charge in [0, 0.05) is 34.1 Å². The third kappa shape index (κ3) is 15.5. The van der Waals surface area contributed by atoms with Crippen LogP contribution in [0.15, 0.2) is 0 Å². The molecule has 0 aliphatic heterocycles. The van der Waals surface area contributed by atoms with E-state index in [1.165, 1.54) is 0 Å². The van der Waals surface area contributed by atoms with Gasteiger partial charge in [-0.3, -0.25) is 28.8 Å². The molecule has 0 unspecified atom stereocenters.